The summed E-state index contributed by atoms with van der Waals surface area (Å²) in [6.45, 7) is 2.71. The minimum atomic E-state index is -0.579. The van der Waals surface area contributed by atoms with E-state index in [1.165, 1.54) is 12.1 Å². The zero-order chi connectivity index (χ0) is 17.8. The molecule has 0 fully saturated rings. The maximum atomic E-state index is 12.2. The normalized spacial score (nSPS) is 12.6. The molecule has 0 saturated carbocycles. The predicted octanol–water partition coefficient (Wildman–Crippen LogP) is 3.10. The molecule has 0 radical (unpaired) electrons. The Balaban J connectivity index is 1.65. The lowest BCUT2D eigenvalue weighted by Gasteiger charge is -2.19. The number of esters is 2. The van der Waals surface area contributed by atoms with Crippen LogP contribution in [0.1, 0.15) is 32.8 Å². The number of carbonyl (C=O) groups excluding carboxylic acids is 2. The number of aromatic nitrogens is 1. The third-order valence-electron chi connectivity index (χ3n) is 3.19. The summed E-state index contributed by atoms with van der Waals surface area (Å²) in [4.78, 5) is 27.9. The second-order valence-corrected chi connectivity index (χ2v) is 6.19. The monoisotopic (exact) mass is 383 g/mol. The minimum absolute atomic E-state index is 0.0687. The van der Waals surface area contributed by atoms with Crippen LogP contribution < -0.4 is 9.47 Å². The van der Waals surface area contributed by atoms with Crippen molar-refractivity contribution < 1.29 is 28.5 Å². The van der Waals surface area contributed by atoms with Crippen LogP contribution in [0.3, 0.4) is 0 Å². The van der Waals surface area contributed by atoms with Crippen LogP contribution in [0.4, 0.5) is 0 Å². The summed E-state index contributed by atoms with van der Waals surface area (Å²) in [6, 6.07) is 2.98. The molecule has 7 nitrogen and oxygen atoms in total. The molecule has 2 heterocycles. The van der Waals surface area contributed by atoms with Crippen molar-refractivity contribution in [3.63, 3.8) is 0 Å². The molecule has 0 spiro atoms. The average molecular weight is 384 g/mol. The van der Waals surface area contributed by atoms with Crippen molar-refractivity contribution in [3.8, 4) is 11.5 Å². The van der Waals surface area contributed by atoms with Crippen LogP contribution in [-0.2, 0) is 16.1 Å². The summed E-state index contributed by atoms with van der Waals surface area (Å²) in [7, 11) is 0. The smallest absolute Gasteiger partial charge is 0.367 e. The van der Waals surface area contributed by atoms with Gasteiger partial charge in [-0.25, -0.2) is 14.6 Å². The molecule has 0 N–H and O–H groups in total. The first kappa shape index (κ1) is 17.5. The number of rotatable bonds is 5. The molecule has 0 atom stereocenters. The Kier molecular flexibility index (Phi) is 5.40. The van der Waals surface area contributed by atoms with Crippen LogP contribution in [0.25, 0.3) is 0 Å². The Morgan fingerprint density at radius 2 is 2.04 bits per heavy atom. The fourth-order valence-electron chi connectivity index (χ4n) is 2.11. The maximum absolute atomic E-state index is 12.2. The Morgan fingerprint density at radius 3 is 2.84 bits per heavy atom. The van der Waals surface area contributed by atoms with Gasteiger partial charge in [0.1, 0.15) is 19.8 Å². The summed E-state index contributed by atoms with van der Waals surface area (Å²) in [5.41, 5.74) is 0.708. The Hall–Kier alpha value is -2.32. The molecular weight excluding hydrogens is 370 g/mol. The van der Waals surface area contributed by atoms with Crippen LogP contribution in [0, 0.1) is 0 Å². The summed E-state index contributed by atoms with van der Waals surface area (Å²) in [6.07, 6.45) is 0. The van der Waals surface area contributed by atoms with E-state index in [1.54, 1.807) is 12.3 Å². The van der Waals surface area contributed by atoms with Crippen molar-refractivity contribution in [1.82, 2.24) is 4.98 Å². The molecule has 0 saturated heterocycles. The highest BCUT2D eigenvalue weighted by molar-refractivity contribution is 7.11. The molecule has 3 rings (SSSR count). The van der Waals surface area contributed by atoms with Gasteiger partial charge < -0.3 is 18.9 Å². The molecule has 0 unspecified atom stereocenters. The van der Waals surface area contributed by atoms with E-state index in [4.69, 9.17) is 30.5 Å². The predicted molar refractivity (Wildman–Crippen MR) is 89.6 cm³/mol. The van der Waals surface area contributed by atoms with Gasteiger partial charge in [0.2, 0.25) is 5.01 Å². The van der Waals surface area contributed by atoms with E-state index in [1.807, 2.05) is 0 Å². The Labute approximate surface area is 152 Å². The van der Waals surface area contributed by atoms with E-state index in [0.29, 0.717) is 30.4 Å². The van der Waals surface area contributed by atoms with E-state index < -0.39 is 11.9 Å². The summed E-state index contributed by atoms with van der Waals surface area (Å²) in [5, 5.41) is 2.13. The van der Waals surface area contributed by atoms with Crippen molar-refractivity contribution in [1.29, 1.82) is 0 Å². The van der Waals surface area contributed by atoms with Gasteiger partial charge >= 0.3 is 11.9 Å². The van der Waals surface area contributed by atoms with Crippen LogP contribution >= 0.6 is 22.9 Å². The molecule has 0 aliphatic carbocycles. The van der Waals surface area contributed by atoms with Gasteiger partial charge in [-0.1, -0.05) is 11.6 Å². The molecule has 0 bridgehead atoms. The largest absolute Gasteiger partial charge is 0.486 e. The molecule has 0 amide bonds. The molecule has 1 aromatic heterocycles. The first-order valence-electron chi connectivity index (χ1n) is 7.46. The summed E-state index contributed by atoms with van der Waals surface area (Å²) >= 11 is 7.23. The Morgan fingerprint density at radius 1 is 1.24 bits per heavy atom. The number of benzene rings is 1. The van der Waals surface area contributed by atoms with E-state index in [0.717, 1.165) is 11.3 Å². The van der Waals surface area contributed by atoms with Crippen LogP contribution in [0.2, 0.25) is 5.02 Å². The highest BCUT2D eigenvalue weighted by atomic mass is 35.5. The van der Waals surface area contributed by atoms with Gasteiger partial charge in [-0.2, -0.15) is 0 Å². The number of nitrogens with zero attached hydrogens (tertiary/aromatic N) is 1. The molecule has 25 heavy (non-hydrogen) atoms. The van der Waals surface area contributed by atoms with E-state index in [9.17, 15) is 9.59 Å². The number of ether oxygens (including phenoxy) is 4. The Bertz CT molecular complexity index is 806. The average Bonchev–Trinajstić information content (AvgIpc) is 3.09. The molecule has 2 aromatic rings. The van der Waals surface area contributed by atoms with Gasteiger partial charge in [0.15, 0.2) is 11.5 Å². The molecular formula is C16H14ClNO6S. The zero-order valence-electron chi connectivity index (χ0n) is 13.2. The molecule has 132 valence electrons. The van der Waals surface area contributed by atoms with Gasteiger partial charge in [0.05, 0.1) is 22.9 Å². The fraction of sp³-hybridized carbons (Fsp3) is 0.312. The van der Waals surface area contributed by atoms with Gasteiger partial charge in [0.25, 0.3) is 0 Å². The third kappa shape index (κ3) is 4.02. The quantitative estimate of drug-likeness (QED) is 0.733. The van der Waals surface area contributed by atoms with E-state index in [-0.39, 0.29) is 28.8 Å². The first-order chi connectivity index (χ1) is 12.1. The molecule has 9 heteroatoms. The summed E-state index contributed by atoms with van der Waals surface area (Å²) < 4.78 is 20.9. The fourth-order valence-corrected chi connectivity index (χ4v) is 3.07. The van der Waals surface area contributed by atoms with Crippen LogP contribution in [0.15, 0.2) is 17.5 Å². The number of halogens is 1. The number of thiazole rings is 1. The molecule has 1 aliphatic heterocycles. The SMILES string of the molecule is CCOC(=O)c1nc(COC(=O)c2cc(Cl)c3c(c2)OCCO3)cs1. The van der Waals surface area contributed by atoms with Crippen LogP contribution in [0.5, 0.6) is 11.5 Å². The van der Waals surface area contributed by atoms with Crippen LogP contribution in [-0.4, -0.2) is 36.7 Å². The van der Waals surface area contributed by atoms with Crippen molar-refractivity contribution in [2.24, 2.45) is 0 Å². The highest BCUT2D eigenvalue weighted by Gasteiger charge is 2.20. The summed E-state index contributed by atoms with van der Waals surface area (Å²) in [5.74, 6) is -0.250. The lowest BCUT2D eigenvalue weighted by molar-refractivity contribution is 0.0467. The number of carbonyl (C=O) groups is 2. The van der Waals surface area contributed by atoms with Crippen molar-refractivity contribution in [2.75, 3.05) is 19.8 Å². The third-order valence-corrected chi connectivity index (χ3v) is 4.34. The lowest BCUT2D eigenvalue weighted by Crippen LogP contribution is -2.16. The second kappa shape index (κ2) is 7.71. The molecule has 1 aromatic carbocycles. The topological polar surface area (TPSA) is 84.0 Å². The highest BCUT2D eigenvalue weighted by Crippen LogP contribution is 2.38. The second-order valence-electron chi connectivity index (χ2n) is 4.92. The van der Waals surface area contributed by atoms with Crippen molar-refractivity contribution in [3.05, 3.63) is 38.8 Å². The zero-order valence-corrected chi connectivity index (χ0v) is 14.8. The number of hydrogen-bond acceptors (Lipinski definition) is 8. The standard InChI is InChI=1S/C16H14ClNO6S/c1-2-21-16(20)14-18-10(8-25-14)7-24-15(19)9-5-11(17)13-12(6-9)22-3-4-23-13/h5-6,8H,2-4,7H2,1H3. The first-order valence-corrected chi connectivity index (χ1v) is 8.72. The van der Waals surface area contributed by atoms with Gasteiger partial charge in [-0.3, -0.25) is 0 Å². The van der Waals surface area contributed by atoms with Gasteiger partial charge in [-0.15, -0.1) is 11.3 Å². The van der Waals surface area contributed by atoms with E-state index in [2.05, 4.69) is 4.98 Å². The van der Waals surface area contributed by atoms with Gasteiger partial charge in [0, 0.05) is 5.38 Å². The van der Waals surface area contributed by atoms with E-state index >= 15 is 0 Å². The maximum Gasteiger partial charge on any atom is 0.367 e. The molecule has 1 aliphatic rings. The minimum Gasteiger partial charge on any atom is -0.486 e. The number of fused-ring (bicyclic) bond motifs is 1. The van der Waals surface area contributed by atoms with Gasteiger partial charge in [-0.05, 0) is 19.1 Å². The lowest BCUT2D eigenvalue weighted by atomic mass is 10.2. The number of hydrogen-bond donors (Lipinski definition) is 0. The van der Waals surface area contributed by atoms with Crippen molar-refractivity contribution >= 4 is 34.9 Å². The van der Waals surface area contributed by atoms with Crippen molar-refractivity contribution in [2.45, 2.75) is 13.5 Å².